The minimum absolute atomic E-state index is 0.0157. The van der Waals surface area contributed by atoms with Gasteiger partial charge in [0.1, 0.15) is 31.5 Å². The van der Waals surface area contributed by atoms with Crippen molar-refractivity contribution in [1.82, 2.24) is 0 Å². The van der Waals surface area contributed by atoms with Gasteiger partial charge in [0, 0.05) is 38.8 Å². The molecule has 0 saturated carbocycles. The molecule has 2 aliphatic rings. The molecule has 18 heteroatoms. The first-order chi connectivity index (χ1) is 30.0. The molecule has 2 saturated heterocycles. The van der Waals surface area contributed by atoms with Crippen LogP contribution in [-0.4, -0.2) is 124 Å². The number of benzene rings is 3. The Balaban J connectivity index is 1.67. The predicted octanol–water partition coefficient (Wildman–Crippen LogP) is 3.13. The summed E-state index contributed by atoms with van der Waals surface area (Å²) in [7, 11) is 1.17. The SMILES string of the molecule is [2H]C([2H])([2H])C(=O)O[C@H]1[C@H](O[C@H]2[C@@H](OC(=O)c3ccccc3)[C@@H](COC(=O)c3ccccc3)O[C@@H](OC)[C@@H]2OC(=O)c2ccccc2)O[C@H](COC(C)=O)[C@H](OC(C)=O)[C@@H]1OC(C)=O. The number of hydrogen-bond donors (Lipinski definition) is 0. The summed E-state index contributed by atoms with van der Waals surface area (Å²) in [5, 5.41) is 0. The molecule has 3 aromatic carbocycles. The quantitative estimate of drug-likeness (QED) is 0.158. The molecule has 10 atom stereocenters. The lowest BCUT2D eigenvalue weighted by Gasteiger charge is -2.48. The van der Waals surface area contributed by atoms with Gasteiger partial charge in [0.2, 0.25) is 0 Å². The zero-order valence-electron chi connectivity index (χ0n) is 35.7. The molecule has 0 aromatic heterocycles. The van der Waals surface area contributed by atoms with E-state index in [-0.39, 0.29) is 16.7 Å². The van der Waals surface area contributed by atoms with E-state index in [0.717, 1.165) is 20.8 Å². The van der Waals surface area contributed by atoms with Crippen molar-refractivity contribution in [3.63, 3.8) is 0 Å². The van der Waals surface area contributed by atoms with Gasteiger partial charge >= 0.3 is 41.8 Å². The molecule has 0 radical (unpaired) electrons. The topological polar surface area (TPSA) is 221 Å². The smallest absolute Gasteiger partial charge is 0.338 e. The average Bonchev–Trinajstić information content (AvgIpc) is 3.25. The van der Waals surface area contributed by atoms with Crippen molar-refractivity contribution in [1.29, 1.82) is 0 Å². The summed E-state index contributed by atoms with van der Waals surface area (Å²) in [5.41, 5.74) is 0.188. The van der Waals surface area contributed by atoms with E-state index in [1.165, 1.54) is 43.5 Å². The Hall–Kier alpha value is -6.21. The lowest BCUT2D eigenvalue weighted by atomic mass is 9.95. The van der Waals surface area contributed by atoms with Gasteiger partial charge in [0.15, 0.2) is 43.1 Å². The highest BCUT2D eigenvalue weighted by Gasteiger charge is 2.58. The number of carbonyl (C=O) groups is 7. The Labute approximate surface area is 348 Å². The molecule has 5 rings (SSSR count). The van der Waals surface area contributed by atoms with Crippen LogP contribution in [0.1, 0.15) is 62.8 Å². The summed E-state index contributed by atoms with van der Waals surface area (Å²) >= 11 is 0. The first-order valence-corrected chi connectivity index (χ1v) is 18.4. The summed E-state index contributed by atoms with van der Waals surface area (Å²) in [6, 6.07) is 23.0. The highest BCUT2D eigenvalue weighted by atomic mass is 16.8. The molecule has 0 unspecified atom stereocenters. The molecule has 0 bridgehead atoms. The zero-order valence-corrected chi connectivity index (χ0v) is 32.7. The molecular formula is C42H44O18. The maximum absolute atomic E-state index is 13.9. The third kappa shape index (κ3) is 11.9. The Morgan fingerprint density at radius 2 is 0.900 bits per heavy atom. The molecule has 2 fully saturated rings. The normalized spacial score (nSPS) is 27.0. The molecule has 3 aromatic rings. The van der Waals surface area contributed by atoms with Crippen LogP contribution in [0.15, 0.2) is 91.0 Å². The van der Waals surface area contributed by atoms with Crippen LogP contribution >= 0.6 is 0 Å². The monoisotopic (exact) mass is 839 g/mol. The number of esters is 7. The lowest BCUT2D eigenvalue weighted by molar-refractivity contribution is -0.357. The molecule has 60 heavy (non-hydrogen) atoms. The number of hydrogen-bond acceptors (Lipinski definition) is 18. The van der Waals surface area contributed by atoms with Crippen LogP contribution < -0.4 is 0 Å². The Bertz CT molecular complexity index is 2070. The van der Waals surface area contributed by atoms with E-state index >= 15 is 0 Å². The van der Waals surface area contributed by atoms with E-state index in [1.807, 2.05) is 0 Å². The van der Waals surface area contributed by atoms with Crippen LogP contribution in [0.4, 0.5) is 0 Å². The largest absolute Gasteiger partial charge is 0.463 e. The van der Waals surface area contributed by atoms with Crippen LogP contribution in [0.25, 0.3) is 0 Å². The summed E-state index contributed by atoms with van der Waals surface area (Å²) in [6.07, 6.45) is -18.2. The first-order valence-electron chi connectivity index (χ1n) is 19.9. The second-order valence-corrected chi connectivity index (χ2v) is 13.2. The second kappa shape index (κ2) is 21.2. The van der Waals surface area contributed by atoms with E-state index in [9.17, 15) is 33.6 Å². The van der Waals surface area contributed by atoms with Crippen LogP contribution in [0.3, 0.4) is 0 Å². The van der Waals surface area contributed by atoms with Gasteiger partial charge < -0.3 is 52.1 Å². The number of carbonyl (C=O) groups excluding carboxylic acids is 7. The maximum atomic E-state index is 13.9. The zero-order chi connectivity index (χ0) is 45.8. The van der Waals surface area contributed by atoms with Crippen LogP contribution in [0.2, 0.25) is 0 Å². The van der Waals surface area contributed by atoms with Crippen LogP contribution in [0.5, 0.6) is 0 Å². The summed E-state index contributed by atoms with van der Waals surface area (Å²) in [5.74, 6) is -7.50. The van der Waals surface area contributed by atoms with E-state index < -0.39 is 123 Å². The van der Waals surface area contributed by atoms with E-state index in [0.29, 0.717) is 0 Å². The summed E-state index contributed by atoms with van der Waals surface area (Å²) in [6.45, 7) is -1.84. The number of rotatable bonds is 15. The van der Waals surface area contributed by atoms with Gasteiger partial charge in [0.25, 0.3) is 0 Å². The van der Waals surface area contributed by atoms with Crippen molar-refractivity contribution in [3.05, 3.63) is 108 Å². The summed E-state index contributed by atoms with van der Waals surface area (Å²) < 4.78 is 86.8. The standard InChI is InChI=1S/C42H44O18/c1-23(43)51-21-30-32(53-24(2)44)34(54-25(3)45)37(55-26(4)46)42(57-30)60-35-33(58-39(48)28-17-11-7-12-18-28)31(22-52-38(47)27-15-9-6-10-16-27)56-41(50-5)36(35)59-40(49)29-19-13-8-14-20-29/h6-20,30-37,41-42H,21-22H2,1-5H3/t30-,31-,32+,33+,34+,35+,36-,37-,41-,42+/m1/s1/i4D3. The van der Waals surface area contributed by atoms with Crippen molar-refractivity contribution >= 4 is 41.8 Å². The minimum atomic E-state index is -3.44. The maximum Gasteiger partial charge on any atom is 0.338 e. The van der Waals surface area contributed by atoms with Crippen molar-refractivity contribution in [2.24, 2.45) is 0 Å². The molecular weight excluding hydrogens is 792 g/mol. The average molecular weight is 840 g/mol. The van der Waals surface area contributed by atoms with Crippen LogP contribution in [-0.2, 0) is 71.3 Å². The van der Waals surface area contributed by atoms with Gasteiger partial charge in [-0.25, -0.2) is 14.4 Å². The molecule has 0 aliphatic carbocycles. The van der Waals surface area contributed by atoms with Gasteiger partial charge in [-0.15, -0.1) is 0 Å². The summed E-state index contributed by atoms with van der Waals surface area (Å²) in [4.78, 5) is 91.1. The third-order valence-electron chi connectivity index (χ3n) is 8.90. The highest BCUT2D eigenvalue weighted by Crippen LogP contribution is 2.36. The van der Waals surface area contributed by atoms with Crippen molar-refractivity contribution in [3.8, 4) is 0 Å². The molecule has 2 heterocycles. The van der Waals surface area contributed by atoms with E-state index in [2.05, 4.69) is 0 Å². The van der Waals surface area contributed by atoms with Gasteiger partial charge in [-0.1, -0.05) is 54.6 Å². The minimum Gasteiger partial charge on any atom is -0.463 e. The Morgan fingerprint density at radius 1 is 0.483 bits per heavy atom. The Morgan fingerprint density at radius 3 is 1.38 bits per heavy atom. The van der Waals surface area contributed by atoms with E-state index in [1.54, 1.807) is 54.6 Å². The molecule has 2 aliphatic heterocycles. The molecule has 320 valence electrons. The van der Waals surface area contributed by atoms with Gasteiger partial charge in [-0.3, -0.25) is 19.2 Å². The highest BCUT2D eigenvalue weighted by molar-refractivity contribution is 5.90. The predicted molar refractivity (Wildman–Crippen MR) is 201 cm³/mol. The van der Waals surface area contributed by atoms with Gasteiger partial charge in [-0.05, 0) is 36.4 Å². The van der Waals surface area contributed by atoms with Gasteiger partial charge in [-0.2, -0.15) is 0 Å². The van der Waals surface area contributed by atoms with Crippen LogP contribution in [0, 0.1) is 0 Å². The van der Waals surface area contributed by atoms with Crippen molar-refractivity contribution in [2.75, 3.05) is 20.3 Å². The molecule has 0 amide bonds. The van der Waals surface area contributed by atoms with Gasteiger partial charge in [0.05, 0.1) is 16.7 Å². The fourth-order valence-electron chi connectivity index (χ4n) is 6.36. The number of ether oxygens (including phenoxy) is 11. The molecule has 0 N–H and O–H groups in total. The molecule has 18 nitrogen and oxygen atoms in total. The first kappa shape index (κ1) is 40.6. The fraction of sp³-hybridized carbons (Fsp3) is 0.405. The molecule has 0 spiro atoms. The fourth-order valence-corrected chi connectivity index (χ4v) is 6.36. The Kier molecular flexibility index (Phi) is 14.3. The number of methoxy groups -OCH3 is 1. The van der Waals surface area contributed by atoms with E-state index in [4.69, 9.17) is 56.2 Å². The third-order valence-corrected chi connectivity index (χ3v) is 8.90. The van der Waals surface area contributed by atoms with Crippen molar-refractivity contribution in [2.45, 2.75) is 89.0 Å². The van der Waals surface area contributed by atoms with Crippen molar-refractivity contribution < 1.29 is 89.8 Å². The second-order valence-electron chi connectivity index (χ2n) is 13.2. The lowest BCUT2D eigenvalue weighted by Crippen LogP contribution is -2.67.